The van der Waals surface area contributed by atoms with Gasteiger partial charge in [-0.3, -0.25) is 0 Å². The van der Waals surface area contributed by atoms with E-state index >= 15 is 0 Å². The van der Waals surface area contributed by atoms with E-state index in [9.17, 15) is 0 Å². The molecule has 1 aliphatic carbocycles. The fourth-order valence-electron chi connectivity index (χ4n) is 3.75. The molecule has 0 amide bonds. The molecule has 0 aliphatic heterocycles. The Morgan fingerprint density at radius 2 is 2.10 bits per heavy atom. The molecule has 0 unspecified atom stereocenters. The van der Waals surface area contributed by atoms with Crippen molar-refractivity contribution in [1.29, 1.82) is 0 Å². The Morgan fingerprint density at radius 1 is 1.30 bits per heavy atom. The van der Waals surface area contributed by atoms with Gasteiger partial charge in [0.15, 0.2) is 0 Å². The zero-order valence-electron chi connectivity index (χ0n) is 12.5. The Hall–Kier alpha value is -1.51. The monoisotopic (exact) mass is 272 g/mol. The summed E-state index contributed by atoms with van der Waals surface area (Å²) >= 11 is 0. The highest BCUT2D eigenvalue weighted by molar-refractivity contribution is 5.87. The Balaban J connectivity index is 1.75. The number of nitrogens with zero attached hydrogens (tertiary/aromatic N) is 1. The molecule has 3 rings (SSSR count). The second kappa shape index (κ2) is 5.47. The fourth-order valence-corrected chi connectivity index (χ4v) is 3.75. The number of hydrogen-bond donors (Lipinski definition) is 1. The molecular weight excluding hydrogens is 248 g/mol. The van der Waals surface area contributed by atoms with Gasteiger partial charge in [-0.05, 0) is 42.7 Å². The molecule has 0 aromatic carbocycles. The quantitative estimate of drug-likeness (QED) is 0.845. The van der Waals surface area contributed by atoms with Crippen LogP contribution >= 0.6 is 0 Å². The van der Waals surface area contributed by atoms with Gasteiger partial charge < -0.3 is 9.73 Å². The number of aromatic nitrogens is 1. The number of anilines is 1. The summed E-state index contributed by atoms with van der Waals surface area (Å²) < 4.78 is 5.44. The van der Waals surface area contributed by atoms with E-state index in [1.165, 1.54) is 32.1 Å². The largest absolute Gasteiger partial charge is 0.464 e. The van der Waals surface area contributed by atoms with E-state index in [1.54, 1.807) is 6.26 Å². The van der Waals surface area contributed by atoms with Gasteiger partial charge in [-0.1, -0.05) is 26.7 Å². The van der Waals surface area contributed by atoms with Gasteiger partial charge in [-0.15, -0.1) is 0 Å². The number of nitrogens with one attached hydrogen (secondary N) is 1. The Morgan fingerprint density at radius 3 is 2.85 bits per heavy atom. The Bertz CT molecular complexity index is 567. The van der Waals surface area contributed by atoms with E-state index in [1.807, 2.05) is 18.3 Å². The van der Waals surface area contributed by atoms with Gasteiger partial charge in [0.25, 0.3) is 0 Å². The number of fused-ring (bicyclic) bond motifs is 1. The van der Waals surface area contributed by atoms with E-state index in [0.29, 0.717) is 5.41 Å². The van der Waals surface area contributed by atoms with E-state index in [-0.39, 0.29) is 0 Å². The topological polar surface area (TPSA) is 38.1 Å². The minimum atomic E-state index is 0.460. The zero-order chi connectivity index (χ0) is 14.0. The minimum Gasteiger partial charge on any atom is -0.464 e. The highest BCUT2D eigenvalue weighted by atomic mass is 16.3. The van der Waals surface area contributed by atoms with Crippen LogP contribution in [-0.4, -0.2) is 11.5 Å². The first-order valence-electron chi connectivity index (χ1n) is 7.75. The third kappa shape index (κ3) is 2.67. The van der Waals surface area contributed by atoms with Crippen molar-refractivity contribution in [2.24, 2.45) is 11.3 Å². The van der Waals surface area contributed by atoms with Gasteiger partial charge in [0.05, 0.1) is 11.6 Å². The smallest absolute Gasteiger partial charge is 0.139 e. The summed E-state index contributed by atoms with van der Waals surface area (Å²) in [4.78, 5) is 4.48. The van der Waals surface area contributed by atoms with Crippen LogP contribution in [0.4, 0.5) is 5.82 Å². The van der Waals surface area contributed by atoms with Crippen LogP contribution in [-0.2, 0) is 0 Å². The van der Waals surface area contributed by atoms with Gasteiger partial charge in [0.2, 0.25) is 0 Å². The number of hydrogen-bond acceptors (Lipinski definition) is 3. The molecule has 2 aromatic heterocycles. The Labute approximate surface area is 120 Å². The molecule has 0 atom stereocenters. The van der Waals surface area contributed by atoms with Gasteiger partial charge in [-0.2, -0.15) is 0 Å². The van der Waals surface area contributed by atoms with Gasteiger partial charge in [0, 0.05) is 12.7 Å². The van der Waals surface area contributed by atoms with Crippen LogP contribution in [0.3, 0.4) is 0 Å². The Kier molecular flexibility index (Phi) is 3.68. The third-order valence-corrected chi connectivity index (χ3v) is 4.52. The SMILES string of the molecule is CC(C)CC1(CNc2nccc3occc23)CCCC1. The van der Waals surface area contributed by atoms with Crippen LogP contribution in [0.1, 0.15) is 46.0 Å². The van der Waals surface area contributed by atoms with Crippen molar-refractivity contribution >= 4 is 16.8 Å². The molecule has 20 heavy (non-hydrogen) atoms. The predicted molar refractivity (Wildman–Crippen MR) is 82.9 cm³/mol. The van der Waals surface area contributed by atoms with Crippen molar-refractivity contribution in [3.63, 3.8) is 0 Å². The first kappa shape index (κ1) is 13.5. The molecule has 1 aliphatic rings. The number of furan rings is 1. The summed E-state index contributed by atoms with van der Waals surface area (Å²) in [5.74, 6) is 1.72. The summed E-state index contributed by atoms with van der Waals surface area (Å²) in [7, 11) is 0. The number of rotatable bonds is 5. The predicted octanol–water partition coefficient (Wildman–Crippen LogP) is 4.85. The lowest BCUT2D eigenvalue weighted by molar-refractivity contribution is 0.252. The molecule has 108 valence electrons. The van der Waals surface area contributed by atoms with Gasteiger partial charge >= 0.3 is 0 Å². The summed E-state index contributed by atoms with van der Waals surface area (Å²) in [6, 6.07) is 3.91. The summed E-state index contributed by atoms with van der Waals surface area (Å²) in [5.41, 5.74) is 1.37. The molecule has 3 nitrogen and oxygen atoms in total. The molecule has 2 heterocycles. The molecule has 3 heteroatoms. The second-order valence-electron chi connectivity index (χ2n) is 6.65. The second-order valence-corrected chi connectivity index (χ2v) is 6.65. The van der Waals surface area contributed by atoms with Crippen molar-refractivity contribution in [3.05, 3.63) is 24.6 Å². The van der Waals surface area contributed by atoms with Crippen molar-refractivity contribution < 1.29 is 4.42 Å². The normalized spacial score (nSPS) is 17.9. The molecule has 1 N–H and O–H groups in total. The van der Waals surface area contributed by atoms with Crippen LogP contribution in [0.25, 0.3) is 11.0 Å². The average molecular weight is 272 g/mol. The maximum Gasteiger partial charge on any atom is 0.139 e. The lowest BCUT2D eigenvalue weighted by Gasteiger charge is -2.31. The van der Waals surface area contributed by atoms with Crippen LogP contribution < -0.4 is 5.32 Å². The zero-order valence-corrected chi connectivity index (χ0v) is 12.5. The van der Waals surface area contributed by atoms with Crippen molar-refractivity contribution in [2.75, 3.05) is 11.9 Å². The van der Waals surface area contributed by atoms with Crippen LogP contribution in [0.2, 0.25) is 0 Å². The molecule has 0 saturated heterocycles. The van der Waals surface area contributed by atoms with Gasteiger partial charge in [0.1, 0.15) is 11.4 Å². The fraction of sp³-hybridized carbons (Fsp3) is 0.588. The van der Waals surface area contributed by atoms with Crippen LogP contribution in [0.15, 0.2) is 29.0 Å². The van der Waals surface area contributed by atoms with Crippen LogP contribution in [0, 0.1) is 11.3 Å². The first-order chi connectivity index (χ1) is 9.69. The lowest BCUT2D eigenvalue weighted by atomic mass is 9.78. The van der Waals surface area contributed by atoms with E-state index in [2.05, 4.69) is 24.1 Å². The van der Waals surface area contributed by atoms with Gasteiger partial charge in [-0.25, -0.2) is 4.98 Å². The lowest BCUT2D eigenvalue weighted by Crippen LogP contribution is -2.28. The molecule has 0 bridgehead atoms. The molecule has 1 saturated carbocycles. The number of pyridine rings is 1. The van der Waals surface area contributed by atoms with E-state index < -0.39 is 0 Å². The van der Waals surface area contributed by atoms with Crippen molar-refractivity contribution in [2.45, 2.75) is 46.0 Å². The molecule has 2 aromatic rings. The first-order valence-corrected chi connectivity index (χ1v) is 7.75. The maximum absolute atomic E-state index is 5.44. The minimum absolute atomic E-state index is 0.460. The van der Waals surface area contributed by atoms with E-state index in [4.69, 9.17) is 4.42 Å². The molecule has 1 fully saturated rings. The third-order valence-electron chi connectivity index (χ3n) is 4.52. The standard InChI is InChI=1S/C17H24N2O/c1-13(2)11-17(7-3-4-8-17)12-19-16-14-6-10-20-15(14)5-9-18-16/h5-6,9-10,13H,3-4,7-8,11-12H2,1-2H3,(H,18,19). The average Bonchev–Trinajstić information content (AvgIpc) is 3.05. The van der Waals surface area contributed by atoms with Crippen molar-refractivity contribution in [3.8, 4) is 0 Å². The maximum atomic E-state index is 5.44. The molecule has 0 radical (unpaired) electrons. The summed E-state index contributed by atoms with van der Waals surface area (Å²) in [5, 5.41) is 4.68. The van der Waals surface area contributed by atoms with Crippen LogP contribution in [0.5, 0.6) is 0 Å². The highest BCUT2D eigenvalue weighted by Crippen LogP contribution is 2.43. The summed E-state index contributed by atoms with van der Waals surface area (Å²) in [6.45, 7) is 5.69. The van der Waals surface area contributed by atoms with E-state index in [0.717, 1.165) is 29.2 Å². The summed E-state index contributed by atoms with van der Waals surface area (Å²) in [6.07, 6.45) is 10.3. The van der Waals surface area contributed by atoms with Crippen molar-refractivity contribution in [1.82, 2.24) is 4.98 Å². The highest BCUT2D eigenvalue weighted by Gasteiger charge is 2.34. The molecule has 0 spiro atoms. The molecular formula is C17H24N2O.